The molecule has 2 heterocycles. The highest BCUT2D eigenvalue weighted by atomic mass is 19.1. The maximum Gasteiger partial charge on any atom is 0.244 e. The van der Waals surface area contributed by atoms with Crippen LogP contribution in [-0.2, 0) is 9.53 Å². The van der Waals surface area contributed by atoms with E-state index in [4.69, 9.17) is 4.52 Å². The highest BCUT2D eigenvalue weighted by Gasteiger charge is 2.27. The summed E-state index contributed by atoms with van der Waals surface area (Å²) >= 11 is 0. The Kier molecular flexibility index (Phi) is 8.98. The number of likely N-dealkylation sites (tertiary alicyclic amines) is 1. The molecule has 3 rings (SSSR count). The van der Waals surface area contributed by atoms with E-state index in [2.05, 4.69) is 45.4 Å². The number of ether oxygens (including phenoxy) is 1. The Balaban J connectivity index is 0.000000363. The monoisotopic (exact) mass is 362 g/mol. The van der Waals surface area contributed by atoms with Crippen molar-refractivity contribution in [3.63, 3.8) is 0 Å². The van der Waals surface area contributed by atoms with Gasteiger partial charge >= 0.3 is 0 Å². The van der Waals surface area contributed by atoms with Crippen LogP contribution in [0, 0.1) is 18.7 Å². The van der Waals surface area contributed by atoms with Gasteiger partial charge in [-0.15, -0.1) is 12.8 Å². The molecule has 0 saturated carbocycles. The molecule has 2 N–H and O–H groups in total. The van der Waals surface area contributed by atoms with Crippen LogP contribution in [0.25, 0.3) is 11.4 Å². The van der Waals surface area contributed by atoms with Crippen molar-refractivity contribution in [2.75, 3.05) is 27.3 Å². The van der Waals surface area contributed by atoms with Gasteiger partial charge in [0.2, 0.25) is 17.6 Å². The van der Waals surface area contributed by atoms with Crippen molar-refractivity contribution in [1.82, 2.24) is 15.0 Å². The number of hydrogen-bond acceptors (Lipinski definition) is 6. The maximum atomic E-state index is 12.8. The molecule has 0 radical (unpaired) electrons. The van der Waals surface area contributed by atoms with Crippen LogP contribution >= 0.6 is 0 Å². The van der Waals surface area contributed by atoms with Gasteiger partial charge in [0.25, 0.3) is 0 Å². The minimum absolute atomic E-state index is 0.0139. The number of rotatable bonds is 4. The molecule has 1 atom stereocenters. The fraction of sp³-hybridized carbons (Fsp3) is 0.389. The van der Waals surface area contributed by atoms with Gasteiger partial charge in [0.15, 0.2) is 0 Å². The van der Waals surface area contributed by atoms with Gasteiger partial charge in [-0.1, -0.05) is 5.16 Å². The van der Waals surface area contributed by atoms with E-state index in [-0.39, 0.29) is 18.5 Å². The average molecular weight is 362 g/mol. The normalized spacial score (nSPS) is 16.1. The lowest BCUT2D eigenvalue weighted by molar-refractivity contribution is -0.121. The van der Waals surface area contributed by atoms with Crippen molar-refractivity contribution in [3.8, 4) is 24.2 Å². The lowest BCUT2D eigenvalue weighted by Gasteiger charge is -2.14. The maximum absolute atomic E-state index is 12.8. The Morgan fingerprint density at radius 1 is 1.42 bits per heavy atom. The summed E-state index contributed by atoms with van der Waals surface area (Å²) < 4.78 is 22.5. The van der Waals surface area contributed by atoms with Gasteiger partial charge in [-0.3, -0.25) is 9.69 Å². The largest absolute Gasteiger partial charge is 0.375 e. The number of aromatic nitrogens is 2. The van der Waals surface area contributed by atoms with Crippen molar-refractivity contribution >= 4 is 5.91 Å². The van der Waals surface area contributed by atoms with E-state index in [1.807, 2.05) is 0 Å². The van der Waals surface area contributed by atoms with Gasteiger partial charge in [0, 0.05) is 12.7 Å². The van der Waals surface area contributed by atoms with Gasteiger partial charge in [0.1, 0.15) is 12.4 Å². The van der Waals surface area contributed by atoms with Crippen LogP contribution in [0.2, 0.25) is 0 Å². The molecule has 2 aromatic rings. The highest BCUT2D eigenvalue weighted by Crippen LogP contribution is 2.30. The minimum atomic E-state index is -0.433. The number of halogens is 1. The van der Waals surface area contributed by atoms with E-state index in [1.165, 1.54) is 19.2 Å². The Morgan fingerprint density at radius 2 is 2.08 bits per heavy atom. The van der Waals surface area contributed by atoms with Crippen LogP contribution in [0.1, 0.15) is 24.8 Å². The molecule has 1 aliphatic heterocycles. The predicted molar refractivity (Wildman–Crippen MR) is 95.3 cm³/mol. The molecule has 0 spiro atoms. The topological polar surface area (TPSA) is 94.5 Å². The highest BCUT2D eigenvalue weighted by molar-refractivity contribution is 5.74. The smallest absolute Gasteiger partial charge is 0.244 e. The number of primary amides is 1. The molecule has 1 saturated heterocycles. The fourth-order valence-electron chi connectivity index (χ4n) is 2.45. The fourth-order valence-corrected chi connectivity index (χ4v) is 2.45. The summed E-state index contributed by atoms with van der Waals surface area (Å²) in [4.78, 5) is 16.3. The van der Waals surface area contributed by atoms with E-state index < -0.39 is 5.91 Å². The van der Waals surface area contributed by atoms with Crippen molar-refractivity contribution < 1.29 is 18.4 Å². The van der Waals surface area contributed by atoms with Gasteiger partial charge in [0.05, 0.1) is 6.04 Å². The number of methoxy groups -OCH3 is 1. The summed E-state index contributed by atoms with van der Waals surface area (Å²) in [7, 11) is 3.48. The van der Waals surface area contributed by atoms with Crippen LogP contribution in [0.5, 0.6) is 0 Å². The van der Waals surface area contributed by atoms with Gasteiger partial charge in [-0.05, 0) is 50.7 Å². The van der Waals surface area contributed by atoms with Crippen LogP contribution in [-0.4, -0.2) is 48.3 Å². The van der Waals surface area contributed by atoms with Crippen molar-refractivity contribution in [3.05, 3.63) is 36.0 Å². The number of benzene rings is 1. The summed E-state index contributed by atoms with van der Waals surface area (Å²) in [5, 5.41) is 3.96. The van der Waals surface area contributed by atoms with Gasteiger partial charge < -0.3 is 15.0 Å². The number of nitrogens with zero attached hydrogens (tertiary/aromatic N) is 3. The summed E-state index contributed by atoms with van der Waals surface area (Å²) in [6.45, 7) is 1.07. The molecule has 26 heavy (non-hydrogen) atoms. The second-order valence-electron chi connectivity index (χ2n) is 5.50. The number of carbonyl (C=O) groups excluding carboxylic acids is 1. The Hall–Kier alpha value is -2.76. The second kappa shape index (κ2) is 11.0. The summed E-state index contributed by atoms with van der Waals surface area (Å²) in [6.07, 6.45) is 10.2. The van der Waals surface area contributed by atoms with Crippen molar-refractivity contribution in [1.29, 1.82) is 0 Å². The first-order valence-electron chi connectivity index (χ1n) is 7.91. The van der Waals surface area contributed by atoms with E-state index >= 15 is 0 Å². The summed E-state index contributed by atoms with van der Waals surface area (Å²) in [5.74, 6) is 0.468. The second-order valence-corrected chi connectivity index (χ2v) is 5.50. The Labute approximate surface area is 152 Å². The molecule has 1 amide bonds. The van der Waals surface area contributed by atoms with Crippen molar-refractivity contribution in [2.45, 2.75) is 18.9 Å². The molecule has 0 aliphatic carbocycles. The van der Waals surface area contributed by atoms with Crippen LogP contribution < -0.4 is 5.73 Å². The number of amides is 1. The zero-order valence-electron chi connectivity index (χ0n) is 14.9. The molecule has 1 fully saturated rings. The summed E-state index contributed by atoms with van der Waals surface area (Å²) in [5.41, 5.74) is 5.41. The molecular formula is C18H23FN4O3. The summed E-state index contributed by atoms with van der Waals surface area (Å²) in [6, 6.07) is 6.32. The zero-order valence-corrected chi connectivity index (χ0v) is 14.9. The van der Waals surface area contributed by atoms with E-state index in [0.717, 1.165) is 24.9 Å². The molecule has 8 heteroatoms. The van der Waals surface area contributed by atoms with Gasteiger partial charge in [-0.2, -0.15) is 4.98 Å². The van der Waals surface area contributed by atoms with Crippen LogP contribution in [0.4, 0.5) is 4.39 Å². The molecular weight excluding hydrogens is 339 g/mol. The lowest BCUT2D eigenvalue weighted by atomic mass is 10.2. The molecule has 1 aliphatic rings. The number of hydrogen-bond donors (Lipinski definition) is 1. The first-order valence-corrected chi connectivity index (χ1v) is 7.91. The van der Waals surface area contributed by atoms with Gasteiger partial charge in [-0.25, -0.2) is 4.39 Å². The third-order valence-electron chi connectivity index (χ3n) is 3.64. The average Bonchev–Trinajstić information content (AvgIpc) is 3.26. The SMILES string of the molecule is C#C.CN1CCC[C@H]1c1nc(-c2ccc(F)cc2)no1.COCC(N)=O. The number of terminal acetylenes is 1. The third kappa shape index (κ3) is 6.27. The third-order valence-corrected chi connectivity index (χ3v) is 3.64. The molecule has 7 nitrogen and oxygen atoms in total. The lowest BCUT2D eigenvalue weighted by Crippen LogP contribution is -2.17. The molecule has 1 aromatic heterocycles. The van der Waals surface area contributed by atoms with Crippen LogP contribution in [0.3, 0.4) is 0 Å². The Bertz CT molecular complexity index is 700. The van der Waals surface area contributed by atoms with Crippen LogP contribution in [0.15, 0.2) is 28.8 Å². The molecule has 0 bridgehead atoms. The minimum Gasteiger partial charge on any atom is -0.375 e. The van der Waals surface area contributed by atoms with E-state index in [9.17, 15) is 9.18 Å². The number of carbonyl (C=O) groups is 1. The first kappa shape index (κ1) is 21.3. The van der Waals surface area contributed by atoms with E-state index in [0.29, 0.717) is 11.7 Å². The predicted octanol–water partition coefficient (Wildman–Crippen LogP) is 2.01. The van der Waals surface area contributed by atoms with E-state index in [1.54, 1.807) is 12.1 Å². The number of nitrogens with two attached hydrogens (primary N) is 1. The first-order chi connectivity index (χ1) is 12.5. The standard InChI is InChI=1S/C13H14FN3O.C3H7NO2.C2H2/c1-17-8-2-3-11(17)13-15-12(16-18-13)9-4-6-10(14)7-5-9;1-6-2-3(4)5;1-2/h4-7,11H,2-3,8H2,1H3;2H2,1H3,(H2,4,5);1-2H/t11-;;/m0../s1. The Morgan fingerprint density at radius 3 is 2.54 bits per heavy atom. The molecule has 0 unspecified atom stereocenters. The van der Waals surface area contributed by atoms with Crippen molar-refractivity contribution in [2.24, 2.45) is 5.73 Å². The molecule has 140 valence electrons. The zero-order chi connectivity index (χ0) is 19.5. The molecule has 1 aromatic carbocycles. The quantitative estimate of drug-likeness (QED) is 0.836.